The molecule has 29 heavy (non-hydrogen) atoms. The highest BCUT2D eigenvalue weighted by atomic mass is 32.2. The number of aryl methyl sites for hydroxylation is 1. The summed E-state index contributed by atoms with van der Waals surface area (Å²) in [6, 6.07) is 13.3. The van der Waals surface area contributed by atoms with Crippen molar-refractivity contribution in [1.82, 2.24) is 4.31 Å². The van der Waals surface area contributed by atoms with E-state index in [2.05, 4.69) is 17.0 Å². The van der Waals surface area contributed by atoms with E-state index < -0.39 is 10.0 Å². The van der Waals surface area contributed by atoms with E-state index in [1.165, 1.54) is 23.3 Å². The molecule has 0 aliphatic carbocycles. The minimum absolute atomic E-state index is 0.0517. The lowest BCUT2D eigenvalue weighted by atomic mass is 10.0. The molecule has 0 fully saturated rings. The third-order valence-corrected chi connectivity index (χ3v) is 8.25. The summed E-state index contributed by atoms with van der Waals surface area (Å²) in [4.78, 5) is 18.6. The molecule has 0 N–H and O–H groups in total. The van der Waals surface area contributed by atoms with E-state index in [0.29, 0.717) is 13.1 Å². The largest absolute Gasteiger partial charge is 0.360 e. The van der Waals surface area contributed by atoms with Crippen LogP contribution in [0.25, 0.3) is 0 Å². The van der Waals surface area contributed by atoms with Gasteiger partial charge in [0.25, 0.3) is 0 Å². The summed E-state index contributed by atoms with van der Waals surface area (Å²) >= 11 is 1.82. The molecule has 2 heterocycles. The van der Waals surface area contributed by atoms with Gasteiger partial charge in [-0.05, 0) is 48.7 Å². The second-order valence-corrected chi connectivity index (χ2v) is 10.8. The summed E-state index contributed by atoms with van der Waals surface area (Å²) in [7, 11) is -0.431. The van der Waals surface area contributed by atoms with E-state index in [4.69, 9.17) is 0 Å². The zero-order valence-corrected chi connectivity index (χ0v) is 18.3. The first kappa shape index (κ1) is 20.3. The molecule has 2 aromatic carbocycles. The molecule has 0 spiro atoms. The van der Waals surface area contributed by atoms with E-state index in [1.54, 1.807) is 18.2 Å². The van der Waals surface area contributed by atoms with Gasteiger partial charge >= 0.3 is 0 Å². The number of rotatable bonds is 4. The molecule has 8 heteroatoms. The van der Waals surface area contributed by atoms with Crippen molar-refractivity contribution in [1.29, 1.82) is 0 Å². The van der Waals surface area contributed by atoms with E-state index in [1.807, 2.05) is 28.8 Å². The summed E-state index contributed by atoms with van der Waals surface area (Å²) in [5.41, 5.74) is 2.86. The van der Waals surface area contributed by atoms with Crippen LogP contribution in [-0.4, -0.2) is 58.1 Å². The number of carbonyl (C=O) groups excluding carboxylic acids is 1. The van der Waals surface area contributed by atoms with Crippen molar-refractivity contribution in [3.05, 3.63) is 48.0 Å². The molecule has 2 aliphatic rings. The number of para-hydroxylation sites is 1. The molecule has 0 unspecified atom stereocenters. The van der Waals surface area contributed by atoms with E-state index in [9.17, 15) is 13.2 Å². The Morgan fingerprint density at radius 1 is 1.10 bits per heavy atom. The number of amides is 1. The van der Waals surface area contributed by atoms with Gasteiger partial charge in [0.15, 0.2) is 0 Å². The van der Waals surface area contributed by atoms with Gasteiger partial charge < -0.3 is 9.80 Å². The number of hydrogen-bond donors (Lipinski definition) is 0. The predicted octanol–water partition coefficient (Wildman–Crippen LogP) is 2.83. The van der Waals surface area contributed by atoms with Gasteiger partial charge in [-0.15, -0.1) is 11.8 Å². The van der Waals surface area contributed by atoms with E-state index in [0.717, 1.165) is 42.1 Å². The number of anilines is 2. The molecule has 4 rings (SSSR count). The molecule has 0 bridgehead atoms. The SMILES string of the molecule is CN(C)S(=O)(=O)c1ccc2c(c1)CCCN2C(=O)CN1CCSc2ccccc21. The first-order chi connectivity index (χ1) is 13.9. The van der Waals surface area contributed by atoms with Gasteiger partial charge in [0.05, 0.1) is 17.1 Å². The number of benzene rings is 2. The predicted molar refractivity (Wildman–Crippen MR) is 117 cm³/mol. The smallest absolute Gasteiger partial charge is 0.246 e. The molecule has 0 saturated heterocycles. The van der Waals surface area contributed by atoms with Gasteiger partial charge in [0.2, 0.25) is 15.9 Å². The first-order valence-electron chi connectivity index (χ1n) is 9.70. The van der Waals surface area contributed by atoms with Crippen LogP contribution in [0.3, 0.4) is 0 Å². The van der Waals surface area contributed by atoms with Crippen LogP contribution in [0.15, 0.2) is 52.3 Å². The Hall–Kier alpha value is -2.03. The molecule has 6 nitrogen and oxygen atoms in total. The second-order valence-electron chi connectivity index (χ2n) is 7.46. The normalized spacial score (nSPS) is 16.5. The lowest BCUT2D eigenvalue weighted by molar-refractivity contribution is -0.117. The van der Waals surface area contributed by atoms with Gasteiger partial charge in [-0.25, -0.2) is 12.7 Å². The summed E-state index contributed by atoms with van der Waals surface area (Å²) in [5, 5.41) is 0. The van der Waals surface area contributed by atoms with Crippen molar-refractivity contribution >= 4 is 39.1 Å². The van der Waals surface area contributed by atoms with Crippen LogP contribution < -0.4 is 9.80 Å². The Labute approximate surface area is 176 Å². The Morgan fingerprint density at radius 2 is 1.90 bits per heavy atom. The van der Waals surface area contributed by atoms with Crippen LogP contribution in [0.5, 0.6) is 0 Å². The zero-order chi connectivity index (χ0) is 20.6. The minimum Gasteiger partial charge on any atom is -0.360 e. The molecular weight excluding hydrogens is 406 g/mol. The van der Waals surface area contributed by atoms with Crippen molar-refractivity contribution in [2.24, 2.45) is 0 Å². The number of fused-ring (bicyclic) bond motifs is 2. The molecule has 154 valence electrons. The number of nitrogens with zero attached hydrogens (tertiary/aromatic N) is 3. The third kappa shape index (κ3) is 3.89. The van der Waals surface area contributed by atoms with Crippen LogP contribution in [0.4, 0.5) is 11.4 Å². The van der Waals surface area contributed by atoms with Crippen LogP contribution in [0.2, 0.25) is 0 Å². The Morgan fingerprint density at radius 3 is 2.69 bits per heavy atom. The Balaban J connectivity index is 1.58. The highest BCUT2D eigenvalue weighted by Crippen LogP contribution is 2.35. The highest BCUT2D eigenvalue weighted by Gasteiger charge is 2.28. The van der Waals surface area contributed by atoms with Crippen molar-refractivity contribution in [2.45, 2.75) is 22.6 Å². The number of thioether (sulfide) groups is 1. The number of sulfonamides is 1. The molecule has 2 aliphatic heterocycles. The maximum atomic E-state index is 13.2. The topological polar surface area (TPSA) is 60.9 Å². The van der Waals surface area contributed by atoms with E-state index >= 15 is 0 Å². The maximum Gasteiger partial charge on any atom is 0.246 e. The summed E-state index contributed by atoms with van der Waals surface area (Å²) < 4.78 is 26.1. The van der Waals surface area contributed by atoms with Gasteiger partial charge in [-0.1, -0.05) is 12.1 Å². The average molecular weight is 432 g/mol. The van der Waals surface area contributed by atoms with Crippen molar-refractivity contribution in [3.8, 4) is 0 Å². The summed E-state index contributed by atoms with van der Waals surface area (Å²) in [5.74, 6) is 1.02. The monoisotopic (exact) mass is 431 g/mol. The maximum absolute atomic E-state index is 13.2. The van der Waals surface area contributed by atoms with Gasteiger partial charge in [-0.3, -0.25) is 4.79 Å². The van der Waals surface area contributed by atoms with Gasteiger partial charge in [0, 0.05) is 43.5 Å². The van der Waals surface area contributed by atoms with Gasteiger partial charge in [0.1, 0.15) is 0 Å². The Kier molecular flexibility index (Phi) is 5.59. The molecule has 0 saturated carbocycles. The van der Waals surface area contributed by atoms with Crippen LogP contribution in [0.1, 0.15) is 12.0 Å². The number of hydrogen-bond acceptors (Lipinski definition) is 5. The van der Waals surface area contributed by atoms with Gasteiger partial charge in [-0.2, -0.15) is 0 Å². The van der Waals surface area contributed by atoms with Crippen molar-refractivity contribution in [3.63, 3.8) is 0 Å². The molecule has 0 atom stereocenters. The second kappa shape index (κ2) is 8.01. The lowest BCUT2D eigenvalue weighted by Crippen LogP contribution is -2.44. The molecule has 0 radical (unpaired) electrons. The third-order valence-electron chi connectivity index (χ3n) is 5.40. The molecule has 2 aromatic rings. The van der Waals surface area contributed by atoms with Crippen molar-refractivity contribution in [2.75, 3.05) is 49.3 Å². The zero-order valence-electron chi connectivity index (χ0n) is 16.7. The lowest BCUT2D eigenvalue weighted by Gasteiger charge is -2.34. The minimum atomic E-state index is -3.48. The standard InChI is InChI=1S/C21H25N3O3S2/c1-22(2)29(26,27)17-9-10-18-16(14-17)6-5-11-24(18)21(25)15-23-12-13-28-20-8-4-3-7-19(20)23/h3-4,7-10,14H,5-6,11-13,15H2,1-2H3. The highest BCUT2D eigenvalue weighted by molar-refractivity contribution is 7.99. The fraction of sp³-hybridized carbons (Fsp3) is 0.381. The summed E-state index contributed by atoms with van der Waals surface area (Å²) in [6.45, 7) is 1.83. The quantitative estimate of drug-likeness (QED) is 0.745. The first-order valence-corrected chi connectivity index (χ1v) is 12.1. The van der Waals surface area contributed by atoms with E-state index in [-0.39, 0.29) is 10.8 Å². The average Bonchev–Trinajstić information content (AvgIpc) is 2.73. The van der Waals surface area contributed by atoms with Crippen molar-refractivity contribution < 1.29 is 13.2 Å². The summed E-state index contributed by atoms with van der Waals surface area (Å²) in [6.07, 6.45) is 1.61. The fourth-order valence-electron chi connectivity index (χ4n) is 3.84. The fourth-order valence-corrected chi connectivity index (χ4v) is 5.85. The van der Waals surface area contributed by atoms with Crippen LogP contribution in [0, 0.1) is 0 Å². The molecule has 0 aromatic heterocycles. The Bertz CT molecular complexity index is 1040. The van der Waals surface area contributed by atoms with Crippen LogP contribution in [-0.2, 0) is 21.2 Å². The molecular formula is C21H25N3O3S2. The van der Waals surface area contributed by atoms with Crippen LogP contribution >= 0.6 is 11.8 Å². The number of carbonyl (C=O) groups is 1. The molecule has 1 amide bonds.